The molecule has 0 atom stereocenters. The van der Waals surface area contributed by atoms with Crippen molar-refractivity contribution >= 4 is 35.0 Å². The lowest BCUT2D eigenvalue weighted by Gasteiger charge is -2.30. The van der Waals surface area contributed by atoms with Crippen molar-refractivity contribution in [3.63, 3.8) is 0 Å². The molecule has 0 spiro atoms. The first-order valence-electron chi connectivity index (χ1n) is 13.4. The standard InChI is InChI=1S/C33H34FN3O3/c1-35-31-20-24(10-16-30(31)25-12-14-28(15-13-25)36(2)3)22-37(33(39)26-8-6-5-7-9-26)29-19-23(18-27(34)21-29)11-17-32(38)40-4/h10-21,26H,5-9,22H2,2-4H3/b17-11+. The summed E-state index contributed by atoms with van der Waals surface area (Å²) in [6.45, 7) is 8.02. The maximum atomic E-state index is 14.7. The van der Waals surface area contributed by atoms with Gasteiger partial charge in [0.15, 0.2) is 5.69 Å². The van der Waals surface area contributed by atoms with Gasteiger partial charge in [-0.25, -0.2) is 14.0 Å². The predicted octanol–water partition coefficient (Wildman–Crippen LogP) is 7.41. The third kappa shape index (κ3) is 6.95. The number of hydrogen-bond acceptors (Lipinski definition) is 4. The predicted molar refractivity (Wildman–Crippen MR) is 158 cm³/mol. The van der Waals surface area contributed by atoms with Gasteiger partial charge in [0.2, 0.25) is 5.91 Å². The second kappa shape index (κ2) is 13.1. The SMILES string of the molecule is [C-]#[N+]c1cc(CN(C(=O)C2CCCCC2)c2cc(F)cc(/C=C/C(=O)OC)c2)ccc1-c1ccc(N(C)C)cc1. The molecular weight excluding hydrogens is 505 g/mol. The number of carbonyl (C=O) groups excluding carboxylic acids is 2. The Morgan fingerprint density at radius 1 is 1.00 bits per heavy atom. The van der Waals surface area contributed by atoms with E-state index in [1.807, 2.05) is 55.4 Å². The van der Waals surface area contributed by atoms with E-state index in [0.717, 1.165) is 54.5 Å². The van der Waals surface area contributed by atoms with Crippen molar-refractivity contribution in [2.24, 2.45) is 5.92 Å². The fourth-order valence-corrected chi connectivity index (χ4v) is 5.08. The molecule has 1 aliphatic rings. The molecule has 1 saturated carbocycles. The summed E-state index contributed by atoms with van der Waals surface area (Å²) in [6.07, 6.45) is 7.38. The molecular formula is C33H34FN3O3. The largest absolute Gasteiger partial charge is 0.466 e. The van der Waals surface area contributed by atoms with Crippen molar-refractivity contribution in [2.45, 2.75) is 38.6 Å². The van der Waals surface area contributed by atoms with Gasteiger partial charge in [-0.15, -0.1) is 0 Å². The number of methoxy groups -OCH3 is 1. The fourth-order valence-electron chi connectivity index (χ4n) is 5.08. The number of rotatable bonds is 8. The average molecular weight is 540 g/mol. The highest BCUT2D eigenvalue weighted by atomic mass is 19.1. The lowest BCUT2D eigenvalue weighted by Crippen LogP contribution is -2.36. The van der Waals surface area contributed by atoms with Crippen LogP contribution in [-0.2, 0) is 20.9 Å². The summed E-state index contributed by atoms with van der Waals surface area (Å²) < 4.78 is 19.4. The number of ether oxygens (including phenoxy) is 1. The Labute approximate surface area is 235 Å². The van der Waals surface area contributed by atoms with Gasteiger partial charge in [-0.1, -0.05) is 49.6 Å². The highest BCUT2D eigenvalue weighted by Gasteiger charge is 2.28. The molecule has 7 heteroatoms. The van der Waals surface area contributed by atoms with Crippen LogP contribution in [-0.4, -0.2) is 33.1 Å². The summed E-state index contributed by atoms with van der Waals surface area (Å²) in [4.78, 5) is 32.8. The minimum absolute atomic E-state index is 0.0547. The third-order valence-corrected chi connectivity index (χ3v) is 7.27. The molecule has 0 bridgehead atoms. The second-order valence-electron chi connectivity index (χ2n) is 10.3. The van der Waals surface area contributed by atoms with Crippen molar-refractivity contribution in [3.8, 4) is 11.1 Å². The van der Waals surface area contributed by atoms with Gasteiger partial charge in [0, 0.05) is 44.0 Å². The zero-order chi connectivity index (χ0) is 28.6. The zero-order valence-electron chi connectivity index (χ0n) is 23.2. The van der Waals surface area contributed by atoms with E-state index < -0.39 is 11.8 Å². The highest BCUT2D eigenvalue weighted by Crippen LogP contribution is 2.34. The Morgan fingerprint density at radius 3 is 2.38 bits per heavy atom. The highest BCUT2D eigenvalue weighted by molar-refractivity contribution is 5.96. The summed E-state index contributed by atoms with van der Waals surface area (Å²) in [5, 5.41) is 0. The zero-order valence-corrected chi connectivity index (χ0v) is 23.2. The van der Waals surface area contributed by atoms with E-state index in [-0.39, 0.29) is 18.4 Å². The van der Waals surface area contributed by atoms with Gasteiger partial charge < -0.3 is 14.5 Å². The number of anilines is 2. The summed E-state index contributed by atoms with van der Waals surface area (Å²) in [5.74, 6) is -1.26. The van der Waals surface area contributed by atoms with Crippen LogP contribution in [0, 0.1) is 18.3 Å². The first-order valence-corrected chi connectivity index (χ1v) is 13.4. The molecule has 1 amide bonds. The Balaban J connectivity index is 1.69. The number of benzene rings is 3. The number of carbonyl (C=O) groups is 2. The number of amides is 1. The molecule has 1 aliphatic carbocycles. The first kappa shape index (κ1) is 28.6. The molecule has 3 aromatic carbocycles. The van der Waals surface area contributed by atoms with Crippen LogP contribution in [0.15, 0.2) is 66.7 Å². The van der Waals surface area contributed by atoms with Gasteiger partial charge in [0.1, 0.15) is 5.82 Å². The van der Waals surface area contributed by atoms with Crippen LogP contribution >= 0.6 is 0 Å². The Kier molecular flexibility index (Phi) is 9.34. The molecule has 40 heavy (non-hydrogen) atoms. The summed E-state index contributed by atoms with van der Waals surface area (Å²) >= 11 is 0. The van der Waals surface area contributed by atoms with Gasteiger partial charge >= 0.3 is 5.97 Å². The molecule has 0 aliphatic heterocycles. The van der Waals surface area contributed by atoms with Crippen LogP contribution in [0.2, 0.25) is 0 Å². The topological polar surface area (TPSA) is 54.2 Å². The van der Waals surface area contributed by atoms with Crippen LogP contribution in [0.4, 0.5) is 21.5 Å². The normalized spacial score (nSPS) is 13.6. The van der Waals surface area contributed by atoms with E-state index in [9.17, 15) is 14.0 Å². The van der Waals surface area contributed by atoms with Crippen LogP contribution in [0.5, 0.6) is 0 Å². The van der Waals surface area contributed by atoms with E-state index in [0.29, 0.717) is 16.9 Å². The summed E-state index contributed by atoms with van der Waals surface area (Å²) in [6, 6.07) is 18.0. The summed E-state index contributed by atoms with van der Waals surface area (Å²) in [7, 11) is 5.23. The molecule has 0 aromatic heterocycles. The molecule has 0 heterocycles. The fraction of sp³-hybridized carbons (Fsp3) is 0.303. The van der Waals surface area contributed by atoms with Gasteiger partial charge in [-0.05, 0) is 71.5 Å². The molecule has 0 unspecified atom stereocenters. The lowest BCUT2D eigenvalue weighted by molar-refractivity contribution is -0.134. The minimum Gasteiger partial charge on any atom is -0.466 e. The van der Waals surface area contributed by atoms with Crippen LogP contribution in [0.25, 0.3) is 22.0 Å². The molecule has 3 aromatic rings. The van der Waals surface area contributed by atoms with Gasteiger partial charge in [0.05, 0.1) is 13.7 Å². The molecule has 6 nitrogen and oxygen atoms in total. The smallest absolute Gasteiger partial charge is 0.330 e. The van der Waals surface area contributed by atoms with Crippen molar-refractivity contribution in [2.75, 3.05) is 31.0 Å². The van der Waals surface area contributed by atoms with Crippen molar-refractivity contribution in [3.05, 3.63) is 95.1 Å². The van der Waals surface area contributed by atoms with Crippen LogP contribution < -0.4 is 9.80 Å². The van der Waals surface area contributed by atoms with Crippen molar-refractivity contribution in [1.29, 1.82) is 0 Å². The number of hydrogen-bond donors (Lipinski definition) is 0. The van der Waals surface area contributed by atoms with Crippen LogP contribution in [0.1, 0.15) is 43.2 Å². The Morgan fingerprint density at radius 2 is 1.73 bits per heavy atom. The van der Waals surface area contributed by atoms with E-state index in [1.54, 1.807) is 17.0 Å². The van der Waals surface area contributed by atoms with Gasteiger partial charge in [-0.3, -0.25) is 4.79 Å². The van der Waals surface area contributed by atoms with Gasteiger partial charge in [0.25, 0.3) is 0 Å². The molecule has 4 rings (SSSR count). The lowest BCUT2D eigenvalue weighted by atomic mass is 9.88. The third-order valence-electron chi connectivity index (χ3n) is 7.27. The maximum Gasteiger partial charge on any atom is 0.330 e. The summed E-state index contributed by atoms with van der Waals surface area (Å²) in [5.41, 5.74) is 4.94. The Hall–Kier alpha value is -4.44. The van der Waals surface area contributed by atoms with E-state index in [1.165, 1.54) is 31.4 Å². The molecule has 1 fully saturated rings. The molecule has 206 valence electrons. The van der Waals surface area contributed by atoms with E-state index in [2.05, 4.69) is 9.58 Å². The molecule has 0 saturated heterocycles. The van der Waals surface area contributed by atoms with Gasteiger partial charge in [-0.2, -0.15) is 0 Å². The average Bonchev–Trinajstić information content (AvgIpc) is 2.98. The monoisotopic (exact) mass is 539 g/mol. The Bertz CT molecular complexity index is 1430. The molecule has 0 N–H and O–H groups in total. The number of esters is 1. The first-order chi connectivity index (χ1) is 19.3. The minimum atomic E-state index is -0.552. The van der Waals surface area contributed by atoms with Crippen LogP contribution in [0.3, 0.4) is 0 Å². The maximum absolute atomic E-state index is 14.7. The quantitative estimate of drug-likeness (QED) is 0.170. The van der Waals surface area contributed by atoms with E-state index >= 15 is 0 Å². The van der Waals surface area contributed by atoms with Crippen molar-refractivity contribution in [1.82, 2.24) is 0 Å². The number of halogens is 1. The number of nitrogens with zero attached hydrogens (tertiary/aromatic N) is 3. The molecule has 0 radical (unpaired) electrons. The van der Waals surface area contributed by atoms with E-state index in [4.69, 9.17) is 6.57 Å². The van der Waals surface area contributed by atoms with Crippen molar-refractivity contribution < 1.29 is 18.7 Å². The second-order valence-corrected chi connectivity index (χ2v) is 10.3.